The van der Waals surface area contributed by atoms with Crippen LogP contribution in [0.2, 0.25) is 0 Å². The molecular formula is C15H21N3. The Morgan fingerprint density at radius 2 is 1.94 bits per heavy atom. The molecule has 96 valence electrons. The number of nitrogens with one attached hydrogen (secondary N) is 2. The molecule has 0 spiro atoms. The first-order valence-electron chi connectivity index (χ1n) is 6.39. The second kappa shape index (κ2) is 5.36. The second-order valence-electron chi connectivity index (χ2n) is 4.83. The van der Waals surface area contributed by atoms with E-state index in [1.807, 2.05) is 7.05 Å². The molecule has 1 aromatic carbocycles. The van der Waals surface area contributed by atoms with Crippen molar-refractivity contribution >= 4 is 0 Å². The van der Waals surface area contributed by atoms with Gasteiger partial charge in [0.05, 0.1) is 5.69 Å². The third kappa shape index (κ3) is 2.46. The van der Waals surface area contributed by atoms with Gasteiger partial charge in [-0.25, -0.2) is 0 Å². The van der Waals surface area contributed by atoms with Gasteiger partial charge in [0, 0.05) is 24.2 Å². The van der Waals surface area contributed by atoms with Crippen molar-refractivity contribution in [2.24, 2.45) is 0 Å². The van der Waals surface area contributed by atoms with Gasteiger partial charge >= 0.3 is 0 Å². The molecular weight excluding hydrogens is 222 g/mol. The molecule has 0 aliphatic carbocycles. The molecule has 18 heavy (non-hydrogen) atoms. The van der Waals surface area contributed by atoms with Crippen LogP contribution in [-0.4, -0.2) is 23.8 Å². The van der Waals surface area contributed by atoms with Crippen LogP contribution >= 0.6 is 0 Å². The average molecular weight is 243 g/mol. The van der Waals surface area contributed by atoms with Crippen molar-refractivity contribution in [3.05, 3.63) is 40.6 Å². The molecule has 0 atom stereocenters. The van der Waals surface area contributed by atoms with E-state index in [0.29, 0.717) is 0 Å². The summed E-state index contributed by atoms with van der Waals surface area (Å²) >= 11 is 0. The van der Waals surface area contributed by atoms with Crippen molar-refractivity contribution < 1.29 is 0 Å². The van der Waals surface area contributed by atoms with E-state index in [4.69, 9.17) is 0 Å². The molecule has 0 saturated carbocycles. The number of nitrogens with zero attached hydrogens (tertiary/aromatic N) is 1. The SMILES string of the molecule is CNCCc1[nH]nc(-c2ccc(C)c(C)c2)c1C. The second-order valence-corrected chi connectivity index (χ2v) is 4.83. The van der Waals surface area contributed by atoms with Gasteiger partial charge in [-0.2, -0.15) is 5.10 Å². The first kappa shape index (κ1) is 12.8. The van der Waals surface area contributed by atoms with Gasteiger partial charge in [-0.3, -0.25) is 5.10 Å². The van der Waals surface area contributed by atoms with Crippen LogP contribution in [0.5, 0.6) is 0 Å². The minimum Gasteiger partial charge on any atom is -0.319 e. The highest BCUT2D eigenvalue weighted by atomic mass is 15.1. The lowest BCUT2D eigenvalue weighted by Gasteiger charge is -2.04. The largest absolute Gasteiger partial charge is 0.319 e. The maximum Gasteiger partial charge on any atom is 0.0952 e. The first-order chi connectivity index (χ1) is 8.63. The van der Waals surface area contributed by atoms with E-state index in [1.54, 1.807) is 0 Å². The van der Waals surface area contributed by atoms with E-state index in [2.05, 4.69) is 54.5 Å². The highest BCUT2D eigenvalue weighted by Crippen LogP contribution is 2.25. The Kier molecular flexibility index (Phi) is 3.82. The van der Waals surface area contributed by atoms with E-state index < -0.39 is 0 Å². The molecule has 3 nitrogen and oxygen atoms in total. The standard InChI is InChI=1S/C15H21N3/c1-10-5-6-13(9-11(10)2)15-12(3)14(17-18-15)7-8-16-4/h5-6,9,16H,7-8H2,1-4H3,(H,17,18). The molecule has 1 heterocycles. The Morgan fingerprint density at radius 3 is 2.61 bits per heavy atom. The van der Waals surface area contributed by atoms with Crippen molar-refractivity contribution in [3.8, 4) is 11.3 Å². The van der Waals surface area contributed by atoms with E-state index >= 15 is 0 Å². The predicted molar refractivity (Wildman–Crippen MR) is 75.9 cm³/mol. The molecule has 2 rings (SSSR count). The quantitative estimate of drug-likeness (QED) is 0.867. The molecule has 0 aliphatic heterocycles. The summed E-state index contributed by atoms with van der Waals surface area (Å²) in [4.78, 5) is 0. The third-order valence-electron chi connectivity index (χ3n) is 3.52. The number of likely N-dealkylation sites (N-methyl/N-ethyl adjacent to an activating group) is 1. The number of benzene rings is 1. The Bertz CT molecular complexity index is 541. The molecule has 2 N–H and O–H groups in total. The van der Waals surface area contributed by atoms with Gasteiger partial charge in [0.15, 0.2) is 0 Å². The van der Waals surface area contributed by atoms with E-state index in [-0.39, 0.29) is 0 Å². The van der Waals surface area contributed by atoms with Crippen LogP contribution in [0.25, 0.3) is 11.3 Å². The normalized spacial score (nSPS) is 10.9. The predicted octanol–water partition coefficient (Wildman–Crippen LogP) is 2.76. The van der Waals surface area contributed by atoms with Crippen molar-refractivity contribution in [1.82, 2.24) is 15.5 Å². The van der Waals surface area contributed by atoms with Crippen LogP contribution in [-0.2, 0) is 6.42 Å². The summed E-state index contributed by atoms with van der Waals surface area (Å²) in [5.41, 5.74) is 7.38. The number of hydrogen-bond acceptors (Lipinski definition) is 2. The van der Waals surface area contributed by atoms with Crippen molar-refractivity contribution in [2.45, 2.75) is 27.2 Å². The van der Waals surface area contributed by atoms with Gasteiger partial charge in [-0.15, -0.1) is 0 Å². The summed E-state index contributed by atoms with van der Waals surface area (Å²) in [5.74, 6) is 0. The molecule has 3 heteroatoms. The molecule has 0 aliphatic rings. The number of aryl methyl sites for hydroxylation is 2. The van der Waals surface area contributed by atoms with Gasteiger partial charge in [0.1, 0.15) is 0 Å². The van der Waals surface area contributed by atoms with Gasteiger partial charge in [-0.1, -0.05) is 12.1 Å². The van der Waals surface area contributed by atoms with Crippen molar-refractivity contribution in [3.63, 3.8) is 0 Å². The lowest BCUT2D eigenvalue weighted by Crippen LogP contribution is -2.11. The van der Waals surface area contributed by atoms with Gasteiger partial charge in [0.2, 0.25) is 0 Å². The molecule has 2 aromatic rings. The molecule has 0 unspecified atom stereocenters. The summed E-state index contributed by atoms with van der Waals surface area (Å²) in [6, 6.07) is 6.51. The number of aromatic amines is 1. The van der Waals surface area contributed by atoms with Crippen LogP contribution < -0.4 is 5.32 Å². The minimum absolute atomic E-state index is 0.968. The van der Waals surface area contributed by atoms with Crippen LogP contribution in [0.15, 0.2) is 18.2 Å². The summed E-state index contributed by atoms with van der Waals surface area (Å²) in [5, 5.41) is 10.8. The zero-order chi connectivity index (χ0) is 13.1. The van der Waals surface area contributed by atoms with Crippen LogP contribution in [0.1, 0.15) is 22.4 Å². The molecule has 0 saturated heterocycles. The first-order valence-corrected chi connectivity index (χ1v) is 6.39. The Hall–Kier alpha value is -1.61. The lowest BCUT2D eigenvalue weighted by atomic mass is 10.0. The Labute approximate surface area is 109 Å². The summed E-state index contributed by atoms with van der Waals surface area (Å²) in [6.45, 7) is 7.38. The summed E-state index contributed by atoms with van der Waals surface area (Å²) in [6.07, 6.45) is 0.986. The fraction of sp³-hybridized carbons (Fsp3) is 0.400. The fourth-order valence-electron chi connectivity index (χ4n) is 2.10. The number of hydrogen-bond donors (Lipinski definition) is 2. The highest BCUT2D eigenvalue weighted by Gasteiger charge is 2.10. The number of aromatic nitrogens is 2. The topological polar surface area (TPSA) is 40.7 Å². The Balaban J connectivity index is 2.33. The van der Waals surface area contributed by atoms with Crippen LogP contribution in [0.3, 0.4) is 0 Å². The molecule has 0 bridgehead atoms. The molecule has 0 amide bonds. The fourth-order valence-corrected chi connectivity index (χ4v) is 2.10. The highest BCUT2D eigenvalue weighted by molar-refractivity contribution is 5.65. The maximum absolute atomic E-state index is 4.46. The van der Waals surface area contributed by atoms with Gasteiger partial charge in [0.25, 0.3) is 0 Å². The van der Waals surface area contributed by atoms with Crippen LogP contribution in [0.4, 0.5) is 0 Å². The monoisotopic (exact) mass is 243 g/mol. The maximum atomic E-state index is 4.46. The number of rotatable bonds is 4. The van der Waals surface area contributed by atoms with E-state index in [0.717, 1.165) is 18.7 Å². The van der Waals surface area contributed by atoms with Gasteiger partial charge in [-0.05, 0) is 50.6 Å². The molecule has 1 aromatic heterocycles. The van der Waals surface area contributed by atoms with E-state index in [1.165, 1.54) is 27.9 Å². The van der Waals surface area contributed by atoms with Gasteiger partial charge < -0.3 is 5.32 Å². The smallest absolute Gasteiger partial charge is 0.0952 e. The van der Waals surface area contributed by atoms with Crippen molar-refractivity contribution in [2.75, 3.05) is 13.6 Å². The third-order valence-corrected chi connectivity index (χ3v) is 3.52. The molecule has 0 fully saturated rings. The summed E-state index contributed by atoms with van der Waals surface area (Å²) in [7, 11) is 1.97. The Morgan fingerprint density at radius 1 is 1.17 bits per heavy atom. The zero-order valence-electron chi connectivity index (χ0n) is 11.6. The van der Waals surface area contributed by atoms with Crippen molar-refractivity contribution in [1.29, 1.82) is 0 Å². The van der Waals surface area contributed by atoms with Crippen LogP contribution in [0, 0.1) is 20.8 Å². The average Bonchev–Trinajstić information content (AvgIpc) is 2.72. The minimum atomic E-state index is 0.968. The molecule has 0 radical (unpaired) electrons. The number of H-pyrrole nitrogens is 1. The lowest BCUT2D eigenvalue weighted by molar-refractivity contribution is 0.769. The van der Waals surface area contributed by atoms with E-state index in [9.17, 15) is 0 Å². The zero-order valence-corrected chi connectivity index (χ0v) is 11.6. The summed E-state index contributed by atoms with van der Waals surface area (Å²) < 4.78 is 0.